The average molecular weight is 346 g/mol. The second kappa shape index (κ2) is 7.47. The molecule has 0 saturated heterocycles. The van der Waals surface area contributed by atoms with Crippen LogP contribution in [0.1, 0.15) is 46.0 Å². The minimum Gasteiger partial charge on any atom is -0.300 e. The zero-order valence-electron chi connectivity index (χ0n) is 12.9. The van der Waals surface area contributed by atoms with Gasteiger partial charge in [0.15, 0.2) is 0 Å². The van der Waals surface area contributed by atoms with Crippen LogP contribution in [0.5, 0.6) is 0 Å². The quantitative estimate of drug-likeness (QED) is 0.796. The lowest BCUT2D eigenvalue weighted by atomic mass is 9.89. The maximum Gasteiger partial charge on any atom is 0.272 e. The summed E-state index contributed by atoms with van der Waals surface area (Å²) >= 11 is 0.907. The topological polar surface area (TPSA) is 92.3 Å². The van der Waals surface area contributed by atoms with Gasteiger partial charge < -0.3 is 5.32 Å². The highest BCUT2D eigenvalue weighted by atomic mass is 32.2. The average Bonchev–Trinajstić information content (AvgIpc) is 2.98. The Kier molecular flexibility index (Phi) is 5.87. The molecule has 1 aromatic rings. The second-order valence-electron chi connectivity index (χ2n) is 5.29. The number of anilines is 1. The molecule has 7 nitrogen and oxygen atoms in total. The number of carbonyl (C=O) groups excluding carboxylic acids is 1. The number of nitrogens with zero attached hydrogens (tertiary/aromatic N) is 3. The van der Waals surface area contributed by atoms with Crippen molar-refractivity contribution in [1.82, 2.24) is 14.5 Å². The minimum absolute atomic E-state index is 0.000453. The van der Waals surface area contributed by atoms with Crippen molar-refractivity contribution in [2.24, 2.45) is 5.92 Å². The summed E-state index contributed by atoms with van der Waals surface area (Å²) in [6, 6.07) is 0. The summed E-state index contributed by atoms with van der Waals surface area (Å²) in [5.74, 6) is -0.0804. The molecule has 1 N–H and O–H groups in total. The van der Waals surface area contributed by atoms with E-state index in [1.165, 1.54) is 10.7 Å². The first-order valence-electron chi connectivity index (χ1n) is 7.63. The molecule has 0 spiro atoms. The van der Waals surface area contributed by atoms with Crippen molar-refractivity contribution in [2.45, 2.75) is 50.3 Å². The van der Waals surface area contributed by atoms with Gasteiger partial charge in [0.2, 0.25) is 15.4 Å². The van der Waals surface area contributed by atoms with Crippen molar-refractivity contribution in [3.8, 4) is 0 Å². The molecule has 0 unspecified atom stereocenters. The molecule has 1 saturated carbocycles. The number of sulfonamides is 1. The van der Waals surface area contributed by atoms with Crippen molar-refractivity contribution in [3.63, 3.8) is 0 Å². The molecule has 1 heterocycles. The SMILES string of the molecule is CCN(CC)S(=O)(=O)c1nnc(NC(=O)C2CCCCC2)s1. The number of hydrogen-bond donors (Lipinski definition) is 1. The Morgan fingerprint density at radius 2 is 1.86 bits per heavy atom. The van der Waals surface area contributed by atoms with Gasteiger partial charge in [-0.3, -0.25) is 4.79 Å². The monoisotopic (exact) mass is 346 g/mol. The summed E-state index contributed by atoms with van der Waals surface area (Å²) in [5, 5.41) is 10.5. The summed E-state index contributed by atoms with van der Waals surface area (Å²) in [6.45, 7) is 4.30. The van der Waals surface area contributed by atoms with Crippen LogP contribution in [0.3, 0.4) is 0 Å². The van der Waals surface area contributed by atoms with Crippen LogP contribution < -0.4 is 5.32 Å². The van der Waals surface area contributed by atoms with Crippen molar-refractivity contribution in [2.75, 3.05) is 18.4 Å². The molecule has 2 rings (SSSR count). The molecule has 0 bridgehead atoms. The Labute approximate surface area is 135 Å². The highest BCUT2D eigenvalue weighted by Crippen LogP contribution is 2.27. The van der Waals surface area contributed by atoms with E-state index in [1.807, 2.05) is 0 Å². The number of amides is 1. The van der Waals surface area contributed by atoms with E-state index in [9.17, 15) is 13.2 Å². The summed E-state index contributed by atoms with van der Waals surface area (Å²) in [6.07, 6.45) is 5.07. The van der Waals surface area contributed by atoms with Crippen LogP contribution in [0.4, 0.5) is 5.13 Å². The van der Waals surface area contributed by atoms with E-state index in [4.69, 9.17) is 0 Å². The fourth-order valence-electron chi connectivity index (χ4n) is 2.61. The Balaban J connectivity index is 2.06. The van der Waals surface area contributed by atoms with E-state index in [1.54, 1.807) is 13.8 Å². The van der Waals surface area contributed by atoms with Crippen LogP contribution in [0, 0.1) is 5.92 Å². The van der Waals surface area contributed by atoms with Crippen LogP contribution in [-0.4, -0.2) is 41.9 Å². The lowest BCUT2D eigenvalue weighted by Crippen LogP contribution is -2.30. The van der Waals surface area contributed by atoms with E-state index in [-0.39, 0.29) is 21.3 Å². The zero-order chi connectivity index (χ0) is 16.2. The third kappa shape index (κ3) is 3.82. The Morgan fingerprint density at radius 3 is 2.45 bits per heavy atom. The fraction of sp³-hybridized carbons (Fsp3) is 0.769. The normalized spacial score (nSPS) is 16.9. The van der Waals surface area contributed by atoms with Gasteiger partial charge >= 0.3 is 0 Å². The van der Waals surface area contributed by atoms with E-state index in [0.717, 1.165) is 37.0 Å². The molecule has 9 heteroatoms. The number of nitrogens with one attached hydrogen (secondary N) is 1. The first-order chi connectivity index (χ1) is 10.5. The van der Waals surface area contributed by atoms with Crippen molar-refractivity contribution in [3.05, 3.63) is 0 Å². The van der Waals surface area contributed by atoms with Crippen molar-refractivity contribution >= 4 is 32.4 Å². The molecule has 124 valence electrons. The third-order valence-electron chi connectivity index (χ3n) is 3.88. The summed E-state index contributed by atoms with van der Waals surface area (Å²) in [7, 11) is -3.61. The van der Waals surface area contributed by atoms with Gasteiger partial charge in [0.1, 0.15) is 0 Å². The van der Waals surface area contributed by atoms with Gasteiger partial charge in [0, 0.05) is 19.0 Å². The maximum absolute atomic E-state index is 12.3. The number of carbonyl (C=O) groups is 1. The van der Waals surface area contributed by atoms with Gasteiger partial charge in [-0.15, -0.1) is 10.2 Å². The summed E-state index contributed by atoms with van der Waals surface area (Å²) in [5.41, 5.74) is 0. The number of hydrogen-bond acceptors (Lipinski definition) is 6. The number of rotatable bonds is 6. The van der Waals surface area contributed by atoms with Gasteiger partial charge in [-0.2, -0.15) is 4.31 Å². The van der Waals surface area contributed by atoms with Crippen LogP contribution >= 0.6 is 11.3 Å². The lowest BCUT2D eigenvalue weighted by Gasteiger charge is -2.19. The Hall–Kier alpha value is -1.06. The van der Waals surface area contributed by atoms with Crippen molar-refractivity contribution < 1.29 is 13.2 Å². The Morgan fingerprint density at radius 1 is 1.23 bits per heavy atom. The van der Waals surface area contributed by atoms with E-state index in [2.05, 4.69) is 15.5 Å². The zero-order valence-corrected chi connectivity index (χ0v) is 14.5. The first kappa shape index (κ1) is 17.3. The predicted molar refractivity (Wildman–Crippen MR) is 85.2 cm³/mol. The van der Waals surface area contributed by atoms with E-state index < -0.39 is 10.0 Å². The minimum atomic E-state index is -3.61. The molecule has 0 aromatic carbocycles. The van der Waals surface area contributed by atoms with Crippen LogP contribution in [-0.2, 0) is 14.8 Å². The Bertz CT molecular complexity index is 605. The molecule has 1 fully saturated rings. The highest BCUT2D eigenvalue weighted by molar-refractivity contribution is 7.91. The smallest absolute Gasteiger partial charge is 0.272 e. The molecule has 0 atom stereocenters. The van der Waals surface area contributed by atoms with Crippen LogP contribution in [0.2, 0.25) is 0 Å². The van der Waals surface area contributed by atoms with Gasteiger partial charge in [0.05, 0.1) is 0 Å². The fourth-order valence-corrected chi connectivity index (χ4v) is 5.11. The first-order valence-corrected chi connectivity index (χ1v) is 9.89. The summed E-state index contributed by atoms with van der Waals surface area (Å²) < 4.78 is 25.9. The largest absolute Gasteiger partial charge is 0.300 e. The molecule has 1 aromatic heterocycles. The van der Waals surface area contributed by atoms with Gasteiger partial charge in [-0.25, -0.2) is 8.42 Å². The molecule has 1 amide bonds. The van der Waals surface area contributed by atoms with Gasteiger partial charge in [-0.05, 0) is 12.8 Å². The molecule has 1 aliphatic rings. The lowest BCUT2D eigenvalue weighted by molar-refractivity contribution is -0.120. The number of aromatic nitrogens is 2. The van der Waals surface area contributed by atoms with E-state index in [0.29, 0.717) is 13.1 Å². The van der Waals surface area contributed by atoms with Crippen molar-refractivity contribution in [1.29, 1.82) is 0 Å². The summed E-state index contributed by atoms with van der Waals surface area (Å²) in [4.78, 5) is 12.1. The van der Waals surface area contributed by atoms with Crippen LogP contribution in [0.15, 0.2) is 4.34 Å². The predicted octanol–water partition coefficient (Wildman–Crippen LogP) is 2.09. The van der Waals surface area contributed by atoms with Gasteiger partial charge in [0.25, 0.3) is 10.0 Å². The van der Waals surface area contributed by atoms with Gasteiger partial charge in [-0.1, -0.05) is 44.4 Å². The molecule has 22 heavy (non-hydrogen) atoms. The molecule has 1 aliphatic carbocycles. The standard InChI is InChI=1S/C13H22N4O3S2/c1-3-17(4-2)22(19,20)13-16-15-12(21-13)14-11(18)10-8-6-5-7-9-10/h10H,3-9H2,1-2H3,(H,14,15,18). The molecular formula is C13H22N4O3S2. The third-order valence-corrected chi connectivity index (χ3v) is 7.11. The maximum atomic E-state index is 12.3. The molecular weight excluding hydrogens is 324 g/mol. The van der Waals surface area contributed by atoms with E-state index >= 15 is 0 Å². The highest BCUT2D eigenvalue weighted by Gasteiger charge is 2.27. The van der Waals surface area contributed by atoms with Crippen LogP contribution in [0.25, 0.3) is 0 Å². The molecule has 0 radical (unpaired) electrons. The second-order valence-corrected chi connectivity index (χ2v) is 8.38. The molecule has 0 aliphatic heterocycles.